The number of hydrogen-bond acceptors (Lipinski definition) is 4. The molecule has 0 heterocycles. The van der Waals surface area contributed by atoms with Gasteiger partial charge in [-0.1, -0.05) is 104 Å². The van der Waals surface area contributed by atoms with E-state index in [1.54, 1.807) is 0 Å². The Morgan fingerprint density at radius 1 is 0.688 bits per heavy atom. The molecule has 4 nitrogen and oxygen atoms in total. The maximum atomic E-state index is 11.8. The van der Waals surface area contributed by atoms with E-state index in [0.717, 1.165) is 32.4 Å². The van der Waals surface area contributed by atoms with Crippen molar-refractivity contribution >= 4 is 5.97 Å². The third-order valence-electron chi connectivity index (χ3n) is 6.52. The third kappa shape index (κ3) is 21.2. The molecule has 0 rings (SSSR count). The quantitative estimate of drug-likeness (QED) is 0.113. The van der Waals surface area contributed by atoms with Gasteiger partial charge in [-0.2, -0.15) is 0 Å². The molecule has 0 bridgehead atoms. The Kier molecular flexibility index (Phi) is 24.5. The summed E-state index contributed by atoms with van der Waals surface area (Å²) in [6.07, 6.45) is 22.9. The zero-order valence-electron chi connectivity index (χ0n) is 22.1. The third-order valence-corrected chi connectivity index (χ3v) is 6.52. The summed E-state index contributed by atoms with van der Waals surface area (Å²) in [6.45, 7) is 9.67. The van der Waals surface area contributed by atoms with Gasteiger partial charge in [0.15, 0.2) is 0 Å². The minimum atomic E-state index is -0.0159. The number of ether oxygens (including phenoxy) is 1. The van der Waals surface area contributed by atoms with Crippen molar-refractivity contribution in [2.75, 3.05) is 26.3 Å². The highest BCUT2D eigenvalue weighted by Crippen LogP contribution is 2.12. The van der Waals surface area contributed by atoms with Gasteiger partial charge in [0.1, 0.15) is 0 Å². The molecule has 0 amide bonds. The Labute approximate surface area is 200 Å². The number of carbonyl (C=O) groups is 1. The second kappa shape index (κ2) is 25.0. The molecule has 0 aromatic heterocycles. The number of aliphatic hydroxyl groups is 1. The molecule has 0 aromatic carbocycles. The van der Waals surface area contributed by atoms with Crippen LogP contribution >= 0.6 is 0 Å². The van der Waals surface area contributed by atoms with Crippen LogP contribution in [0.1, 0.15) is 143 Å². The predicted octanol–water partition coefficient (Wildman–Crippen LogP) is 7.66. The molecule has 0 radical (unpaired) electrons. The molecule has 32 heavy (non-hydrogen) atoms. The van der Waals surface area contributed by atoms with Crippen molar-refractivity contribution in [3.8, 4) is 0 Å². The highest BCUT2D eigenvalue weighted by Gasteiger charge is 2.12. The fourth-order valence-corrected chi connectivity index (χ4v) is 4.20. The summed E-state index contributed by atoms with van der Waals surface area (Å²) >= 11 is 0. The van der Waals surface area contributed by atoms with Gasteiger partial charge in [-0.3, -0.25) is 9.69 Å². The van der Waals surface area contributed by atoms with Crippen LogP contribution in [0.2, 0.25) is 0 Å². The Hall–Kier alpha value is -0.610. The first kappa shape index (κ1) is 31.4. The normalized spacial score (nSPS) is 12.4. The number of carbonyl (C=O) groups excluding carboxylic acids is 1. The summed E-state index contributed by atoms with van der Waals surface area (Å²) in [4.78, 5) is 14.3. The lowest BCUT2D eigenvalue weighted by Crippen LogP contribution is -2.37. The van der Waals surface area contributed by atoms with Crippen molar-refractivity contribution in [3.05, 3.63) is 0 Å². The van der Waals surface area contributed by atoms with Crippen LogP contribution < -0.4 is 0 Å². The minimum Gasteiger partial charge on any atom is -0.466 e. The topological polar surface area (TPSA) is 49.8 Å². The summed E-state index contributed by atoms with van der Waals surface area (Å²) in [7, 11) is 0. The molecule has 0 saturated carbocycles. The molecular weight excluding hydrogens is 398 g/mol. The zero-order chi connectivity index (χ0) is 23.7. The fourth-order valence-electron chi connectivity index (χ4n) is 4.20. The first-order valence-corrected chi connectivity index (χ1v) is 14.2. The highest BCUT2D eigenvalue weighted by molar-refractivity contribution is 5.69. The maximum absolute atomic E-state index is 11.8. The summed E-state index contributed by atoms with van der Waals surface area (Å²) in [6, 6.07) is 0.261. The predicted molar refractivity (Wildman–Crippen MR) is 138 cm³/mol. The molecule has 0 aromatic rings. The van der Waals surface area contributed by atoms with Gasteiger partial charge in [0.05, 0.1) is 13.2 Å². The van der Waals surface area contributed by atoms with Gasteiger partial charge in [-0.25, -0.2) is 0 Å². The van der Waals surface area contributed by atoms with E-state index < -0.39 is 0 Å². The second-order valence-corrected chi connectivity index (χ2v) is 9.69. The van der Waals surface area contributed by atoms with E-state index in [0.29, 0.717) is 13.0 Å². The standard InChI is InChI=1S/C28H57NO3/c1-4-6-8-10-12-17-21-25-32-28(31)22-18-14-13-16-20-24-29(27(3)26-30)23-19-15-11-9-7-5-2/h27,30H,4-26H2,1-3H3. The SMILES string of the molecule is CCCCCCCCCOC(=O)CCCCCCCN(CCCCCCCC)C(C)CO. The van der Waals surface area contributed by atoms with Gasteiger partial charge in [0.2, 0.25) is 0 Å². The number of unbranched alkanes of at least 4 members (excludes halogenated alkanes) is 15. The van der Waals surface area contributed by atoms with Crippen LogP contribution in [0, 0.1) is 0 Å². The van der Waals surface area contributed by atoms with Gasteiger partial charge in [-0.05, 0) is 45.7 Å². The largest absolute Gasteiger partial charge is 0.466 e. The van der Waals surface area contributed by atoms with E-state index in [4.69, 9.17) is 4.74 Å². The average molecular weight is 456 g/mol. The molecule has 0 aliphatic heterocycles. The Bertz CT molecular complexity index is 389. The van der Waals surface area contributed by atoms with E-state index in [-0.39, 0.29) is 18.6 Å². The van der Waals surface area contributed by atoms with Crippen molar-refractivity contribution in [2.45, 2.75) is 149 Å². The lowest BCUT2D eigenvalue weighted by Gasteiger charge is -2.27. The minimum absolute atomic E-state index is 0.0159. The van der Waals surface area contributed by atoms with Gasteiger partial charge in [0, 0.05) is 12.5 Å². The lowest BCUT2D eigenvalue weighted by atomic mass is 10.1. The number of aliphatic hydroxyl groups excluding tert-OH is 1. The van der Waals surface area contributed by atoms with Gasteiger partial charge in [0.25, 0.3) is 0 Å². The molecule has 0 spiro atoms. The van der Waals surface area contributed by atoms with Crippen LogP contribution in [-0.2, 0) is 9.53 Å². The molecule has 1 unspecified atom stereocenters. The van der Waals surface area contributed by atoms with E-state index in [2.05, 4.69) is 25.7 Å². The smallest absolute Gasteiger partial charge is 0.305 e. The number of esters is 1. The van der Waals surface area contributed by atoms with Crippen LogP contribution in [0.25, 0.3) is 0 Å². The first-order valence-electron chi connectivity index (χ1n) is 14.2. The number of hydrogen-bond donors (Lipinski definition) is 1. The molecular formula is C28H57NO3. The summed E-state index contributed by atoms with van der Waals surface area (Å²) in [5.41, 5.74) is 0. The van der Waals surface area contributed by atoms with Crippen molar-refractivity contribution < 1.29 is 14.6 Å². The van der Waals surface area contributed by atoms with Crippen LogP contribution in [0.4, 0.5) is 0 Å². The van der Waals surface area contributed by atoms with Crippen molar-refractivity contribution in [1.82, 2.24) is 4.90 Å². The summed E-state index contributed by atoms with van der Waals surface area (Å²) < 4.78 is 5.37. The molecule has 192 valence electrons. The molecule has 1 atom stereocenters. The number of nitrogens with zero attached hydrogens (tertiary/aromatic N) is 1. The highest BCUT2D eigenvalue weighted by atomic mass is 16.5. The molecule has 0 aliphatic rings. The van der Waals surface area contributed by atoms with Gasteiger partial charge >= 0.3 is 5.97 Å². The summed E-state index contributed by atoms with van der Waals surface area (Å²) in [5, 5.41) is 9.55. The first-order chi connectivity index (χ1) is 15.7. The van der Waals surface area contributed by atoms with Crippen molar-refractivity contribution in [3.63, 3.8) is 0 Å². The van der Waals surface area contributed by atoms with E-state index in [1.807, 2.05) is 0 Å². The van der Waals surface area contributed by atoms with Crippen LogP contribution in [0.15, 0.2) is 0 Å². The van der Waals surface area contributed by atoms with Crippen LogP contribution in [0.3, 0.4) is 0 Å². The molecule has 0 saturated heterocycles. The van der Waals surface area contributed by atoms with Crippen LogP contribution in [-0.4, -0.2) is 48.3 Å². The Balaban J connectivity index is 3.59. The monoisotopic (exact) mass is 455 g/mol. The maximum Gasteiger partial charge on any atom is 0.305 e. The van der Waals surface area contributed by atoms with Gasteiger partial charge < -0.3 is 9.84 Å². The van der Waals surface area contributed by atoms with Crippen molar-refractivity contribution in [1.29, 1.82) is 0 Å². The van der Waals surface area contributed by atoms with Crippen molar-refractivity contribution in [2.24, 2.45) is 0 Å². The zero-order valence-corrected chi connectivity index (χ0v) is 22.1. The fraction of sp³-hybridized carbons (Fsp3) is 0.964. The molecule has 4 heteroatoms. The second-order valence-electron chi connectivity index (χ2n) is 9.69. The lowest BCUT2D eigenvalue weighted by molar-refractivity contribution is -0.143. The summed E-state index contributed by atoms with van der Waals surface area (Å²) in [5.74, 6) is -0.0159. The van der Waals surface area contributed by atoms with E-state index in [9.17, 15) is 9.90 Å². The van der Waals surface area contributed by atoms with Crippen LogP contribution in [0.5, 0.6) is 0 Å². The number of rotatable bonds is 25. The van der Waals surface area contributed by atoms with Gasteiger partial charge in [-0.15, -0.1) is 0 Å². The average Bonchev–Trinajstić information content (AvgIpc) is 2.80. The molecule has 0 fully saturated rings. The molecule has 1 N–H and O–H groups in total. The van der Waals surface area contributed by atoms with E-state index in [1.165, 1.54) is 96.3 Å². The molecule has 0 aliphatic carbocycles. The van der Waals surface area contributed by atoms with E-state index >= 15 is 0 Å². The Morgan fingerprint density at radius 2 is 1.12 bits per heavy atom. The Morgan fingerprint density at radius 3 is 1.62 bits per heavy atom.